The summed E-state index contributed by atoms with van der Waals surface area (Å²) in [5, 5.41) is 9.99. The molecule has 1 unspecified atom stereocenters. The van der Waals surface area contributed by atoms with Crippen molar-refractivity contribution in [3.05, 3.63) is 11.6 Å². The van der Waals surface area contributed by atoms with E-state index in [1.165, 1.54) is 12.0 Å². The molecule has 0 bridgehead atoms. The first kappa shape index (κ1) is 13.1. The summed E-state index contributed by atoms with van der Waals surface area (Å²) in [6.45, 7) is 8.66. The van der Waals surface area contributed by atoms with Crippen LogP contribution >= 0.6 is 0 Å². The van der Waals surface area contributed by atoms with Gasteiger partial charge in [-0.15, -0.1) is 0 Å². The summed E-state index contributed by atoms with van der Waals surface area (Å²) in [6, 6.07) is 0. The van der Waals surface area contributed by atoms with Gasteiger partial charge in [0.1, 0.15) is 0 Å². The van der Waals surface area contributed by atoms with Gasteiger partial charge in [0.05, 0.1) is 17.3 Å². The summed E-state index contributed by atoms with van der Waals surface area (Å²) in [5.74, 6) is 0.388. The molecule has 0 saturated carbocycles. The monoisotopic (exact) mass is 238 g/mol. The van der Waals surface area contributed by atoms with Gasteiger partial charge < -0.3 is 9.84 Å². The molecule has 1 fully saturated rings. The normalized spacial score (nSPS) is 42.1. The molecular weight excluding hydrogens is 212 g/mol. The van der Waals surface area contributed by atoms with Gasteiger partial charge in [-0.05, 0) is 64.4 Å². The molecule has 0 amide bonds. The molecule has 3 atom stereocenters. The quantitative estimate of drug-likeness (QED) is 0.709. The smallest absolute Gasteiger partial charge is 0.0871 e. The largest absolute Gasteiger partial charge is 0.389 e. The Bertz CT molecular complexity index is 319. The van der Waals surface area contributed by atoms with E-state index in [2.05, 4.69) is 33.8 Å². The maximum absolute atomic E-state index is 9.99. The lowest BCUT2D eigenvalue weighted by molar-refractivity contribution is -0.148. The Morgan fingerprint density at radius 3 is 2.59 bits per heavy atom. The van der Waals surface area contributed by atoms with Crippen molar-refractivity contribution in [3.63, 3.8) is 0 Å². The Balaban J connectivity index is 2.18. The van der Waals surface area contributed by atoms with Gasteiger partial charge in [0.15, 0.2) is 0 Å². The number of aliphatic hydroxyl groups excluding tert-OH is 1. The van der Waals surface area contributed by atoms with E-state index in [1.54, 1.807) is 0 Å². The third-order valence-corrected chi connectivity index (χ3v) is 4.44. The van der Waals surface area contributed by atoms with Crippen LogP contribution in [0.25, 0.3) is 0 Å². The first-order valence-electron chi connectivity index (χ1n) is 6.92. The minimum Gasteiger partial charge on any atom is -0.389 e. The van der Waals surface area contributed by atoms with E-state index in [0.29, 0.717) is 5.92 Å². The third-order valence-electron chi connectivity index (χ3n) is 4.44. The van der Waals surface area contributed by atoms with Crippen LogP contribution in [-0.4, -0.2) is 22.4 Å². The summed E-state index contributed by atoms with van der Waals surface area (Å²) in [5.41, 5.74) is 1.14. The molecule has 98 valence electrons. The molecule has 0 aromatic rings. The van der Waals surface area contributed by atoms with Crippen LogP contribution in [-0.2, 0) is 4.74 Å². The van der Waals surface area contributed by atoms with E-state index < -0.39 is 0 Å². The first-order chi connectivity index (χ1) is 7.82. The molecule has 2 heteroatoms. The van der Waals surface area contributed by atoms with Crippen LogP contribution in [0.1, 0.15) is 59.8 Å². The summed E-state index contributed by atoms with van der Waals surface area (Å²) in [4.78, 5) is 0. The van der Waals surface area contributed by atoms with Crippen LogP contribution < -0.4 is 0 Å². The minimum absolute atomic E-state index is 0.0259. The Morgan fingerprint density at radius 2 is 2.00 bits per heavy atom. The number of ether oxygens (including phenoxy) is 1. The average Bonchev–Trinajstić information content (AvgIpc) is 2.20. The molecule has 17 heavy (non-hydrogen) atoms. The zero-order valence-electron chi connectivity index (χ0n) is 11.6. The topological polar surface area (TPSA) is 29.5 Å². The lowest BCUT2D eigenvalue weighted by atomic mass is 9.76. The highest BCUT2D eigenvalue weighted by molar-refractivity contribution is 5.22. The van der Waals surface area contributed by atoms with E-state index >= 15 is 0 Å². The van der Waals surface area contributed by atoms with Crippen molar-refractivity contribution in [2.75, 3.05) is 0 Å². The second-order valence-corrected chi connectivity index (χ2v) is 6.64. The zero-order valence-corrected chi connectivity index (χ0v) is 11.6. The molecule has 2 aliphatic rings. The summed E-state index contributed by atoms with van der Waals surface area (Å²) in [7, 11) is 0. The highest BCUT2D eigenvalue weighted by Gasteiger charge is 2.41. The maximum atomic E-state index is 9.99. The predicted molar refractivity (Wildman–Crippen MR) is 69.9 cm³/mol. The molecule has 0 aromatic heterocycles. The van der Waals surface area contributed by atoms with Gasteiger partial charge >= 0.3 is 0 Å². The van der Waals surface area contributed by atoms with Crippen LogP contribution in [0.5, 0.6) is 0 Å². The molecule has 1 aliphatic heterocycles. The molecule has 0 spiro atoms. The van der Waals surface area contributed by atoms with Crippen LogP contribution in [0.15, 0.2) is 11.6 Å². The molecule has 0 radical (unpaired) electrons. The van der Waals surface area contributed by atoms with Gasteiger partial charge in [-0.1, -0.05) is 13.0 Å². The van der Waals surface area contributed by atoms with Gasteiger partial charge in [0, 0.05) is 0 Å². The van der Waals surface area contributed by atoms with Crippen LogP contribution in [0.3, 0.4) is 0 Å². The molecule has 1 N–H and O–H groups in total. The fraction of sp³-hybridized carbons (Fsp3) is 0.867. The lowest BCUT2D eigenvalue weighted by Gasteiger charge is -2.46. The van der Waals surface area contributed by atoms with Crippen molar-refractivity contribution in [2.24, 2.45) is 5.92 Å². The minimum atomic E-state index is -0.288. The van der Waals surface area contributed by atoms with E-state index in [4.69, 9.17) is 4.74 Å². The average molecular weight is 238 g/mol. The van der Waals surface area contributed by atoms with Crippen molar-refractivity contribution >= 4 is 0 Å². The van der Waals surface area contributed by atoms with Crippen molar-refractivity contribution in [1.82, 2.24) is 0 Å². The first-order valence-corrected chi connectivity index (χ1v) is 6.92. The Morgan fingerprint density at radius 1 is 1.29 bits per heavy atom. The fourth-order valence-corrected chi connectivity index (χ4v) is 3.24. The number of aliphatic hydroxyl groups is 1. The maximum Gasteiger partial charge on any atom is 0.0871 e. The second-order valence-electron chi connectivity index (χ2n) is 6.64. The zero-order chi connectivity index (χ0) is 12.7. The molecule has 2 nitrogen and oxygen atoms in total. The van der Waals surface area contributed by atoms with E-state index in [-0.39, 0.29) is 17.3 Å². The number of hydrogen-bond acceptors (Lipinski definition) is 2. The van der Waals surface area contributed by atoms with Gasteiger partial charge in [-0.25, -0.2) is 0 Å². The van der Waals surface area contributed by atoms with E-state index in [9.17, 15) is 5.11 Å². The number of hydrogen-bond donors (Lipinski definition) is 1. The molecule has 0 aromatic carbocycles. The van der Waals surface area contributed by atoms with Gasteiger partial charge in [-0.2, -0.15) is 0 Å². The van der Waals surface area contributed by atoms with Gasteiger partial charge in [0.2, 0.25) is 0 Å². The van der Waals surface area contributed by atoms with E-state index in [1.807, 2.05) is 0 Å². The van der Waals surface area contributed by atoms with Crippen LogP contribution in [0.2, 0.25) is 0 Å². The van der Waals surface area contributed by atoms with Crippen molar-refractivity contribution in [3.8, 4) is 0 Å². The summed E-state index contributed by atoms with van der Waals surface area (Å²) in [6.07, 6.45) is 7.35. The molecule has 1 saturated heterocycles. The fourth-order valence-electron chi connectivity index (χ4n) is 3.24. The highest BCUT2D eigenvalue weighted by Crippen LogP contribution is 2.42. The van der Waals surface area contributed by atoms with Gasteiger partial charge in [-0.3, -0.25) is 0 Å². The molecule has 1 heterocycles. The highest BCUT2D eigenvalue weighted by atomic mass is 16.5. The van der Waals surface area contributed by atoms with Crippen molar-refractivity contribution in [2.45, 2.75) is 77.1 Å². The predicted octanol–water partition coefficient (Wildman–Crippen LogP) is 3.44. The second kappa shape index (κ2) is 4.40. The van der Waals surface area contributed by atoms with Gasteiger partial charge in [0.25, 0.3) is 0 Å². The van der Waals surface area contributed by atoms with Crippen molar-refractivity contribution in [1.29, 1.82) is 0 Å². The van der Waals surface area contributed by atoms with Crippen molar-refractivity contribution < 1.29 is 9.84 Å². The summed E-state index contributed by atoms with van der Waals surface area (Å²) >= 11 is 0. The molecule has 1 aliphatic carbocycles. The Kier molecular flexibility index (Phi) is 3.39. The van der Waals surface area contributed by atoms with Crippen LogP contribution in [0, 0.1) is 5.92 Å². The summed E-state index contributed by atoms with van der Waals surface area (Å²) < 4.78 is 6.30. The lowest BCUT2D eigenvalue weighted by Crippen LogP contribution is -2.45. The Labute approximate surface area is 105 Å². The van der Waals surface area contributed by atoms with E-state index in [0.717, 1.165) is 25.7 Å². The third kappa shape index (κ3) is 2.74. The SMILES string of the molecule is CC1CCC([C@]2(C)CCCC(C)(C)O2)=C[C@@H]1O. The number of rotatable bonds is 1. The Hall–Kier alpha value is -0.340. The molecule has 2 rings (SSSR count). The standard InChI is InChI=1S/C15H26O2/c1-11-6-7-12(10-13(11)16)15(4)9-5-8-14(2,3)17-15/h10-11,13,16H,5-9H2,1-4H3/t11?,13-,15-/m0/s1. The molecular formula is C15H26O2. The van der Waals surface area contributed by atoms with Crippen LogP contribution in [0.4, 0.5) is 0 Å².